The van der Waals surface area contributed by atoms with Crippen LogP contribution in [0, 0.1) is 0 Å². The summed E-state index contributed by atoms with van der Waals surface area (Å²) in [5.74, 6) is 1.12. The smallest absolute Gasteiger partial charge is 0.222 e. The van der Waals surface area contributed by atoms with Gasteiger partial charge in [-0.15, -0.1) is 24.8 Å². The van der Waals surface area contributed by atoms with Gasteiger partial charge in [-0.2, -0.15) is 4.37 Å². The van der Waals surface area contributed by atoms with E-state index in [0.29, 0.717) is 13.0 Å². The molecule has 0 aliphatic carbocycles. The van der Waals surface area contributed by atoms with Crippen molar-refractivity contribution in [1.82, 2.24) is 14.3 Å². The van der Waals surface area contributed by atoms with E-state index in [0.717, 1.165) is 50.0 Å². The van der Waals surface area contributed by atoms with Crippen molar-refractivity contribution in [3.05, 3.63) is 5.82 Å². The predicted molar refractivity (Wildman–Crippen MR) is 90.9 cm³/mol. The molecule has 0 aromatic carbocycles. The first kappa shape index (κ1) is 20.4. The Balaban J connectivity index is 0.00000200. The van der Waals surface area contributed by atoms with Gasteiger partial charge in [0.05, 0.1) is 0 Å². The molecule has 1 fully saturated rings. The standard InChI is InChI=1S/C12H21N5OS.2ClH/c1-2-10-14-12(19-15-10)17-8-6-16(7-9-17)11(18)4-3-5-13;;/h2-9,13H2,1H3;2*1H. The molecule has 1 saturated heterocycles. The summed E-state index contributed by atoms with van der Waals surface area (Å²) in [6.45, 7) is 5.85. The van der Waals surface area contributed by atoms with Gasteiger partial charge in [-0.1, -0.05) is 6.92 Å². The number of rotatable bonds is 5. The zero-order chi connectivity index (χ0) is 13.7. The van der Waals surface area contributed by atoms with E-state index in [4.69, 9.17) is 5.73 Å². The molecule has 0 radical (unpaired) electrons. The average Bonchev–Trinajstić information content (AvgIpc) is 2.94. The number of anilines is 1. The van der Waals surface area contributed by atoms with Crippen molar-refractivity contribution < 1.29 is 4.79 Å². The minimum Gasteiger partial charge on any atom is -0.343 e. The maximum absolute atomic E-state index is 11.9. The predicted octanol–water partition coefficient (Wildman–Crippen LogP) is 1.33. The minimum absolute atomic E-state index is 0. The van der Waals surface area contributed by atoms with Crippen LogP contribution in [0.4, 0.5) is 5.13 Å². The highest BCUT2D eigenvalue weighted by atomic mass is 35.5. The van der Waals surface area contributed by atoms with Gasteiger partial charge in [0.2, 0.25) is 11.0 Å². The molecule has 1 amide bonds. The third-order valence-electron chi connectivity index (χ3n) is 3.27. The number of amides is 1. The second-order valence-electron chi connectivity index (χ2n) is 4.61. The molecule has 0 bridgehead atoms. The molecule has 2 heterocycles. The van der Waals surface area contributed by atoms with E-state index in [9.17, 15) is 4.79 Å². The Hall–Kier alpha value is -0.630. The molecule has 2 rings (SSSR count). The third-order valence-corrected chi connectivity index (χ3v) is 4.09. The van der Waals surface area contributed by atoms with E-state index in [1.165, 1.54) is 11.5 Å². The first-order valence-electron chi connectivity index (χ1n) is 6.80. The lowest BCUT2D eigenvalue weighted by molar-refractivity contribution is -0.131. The molecule has 0 saturated carbocycles. The number of carbonyl (C=O) groups is 1. The Morgan fingerprint density at radius 2 is 1.95 bits per heavy atom. The van der Waals surface area contributed by atoms with Crippen LogP contribution < -0.4 is 10.6 Å². The van der Waals surface area contributed by atoms with E-state index in [1.54, 1.807) is 0 Å². The maximum atomic E-state index is 11.9. The monoisotopic (exact) mass is 355 g/mol. The summed E-state index contributed by atoms with van der Waals surface area (Å²) < 4.78 is 4.30. The number of piperazine rings is 1. The highest BCUT2D eigenvalue weighted by molar-refractivity contribution is 7.09. The summed E-state index contributed by atoms with van der Waals surface area (Å²) in [5.41, 5.74) is 5.43. The molecule has 0 spiro atoms. The largest absolute Gasteiger partial charge is 0.343 e. The zero-order valence-electron chi connectivity index (χ0n) is 12.2. The van der Waals surface area contributed by atoms with Crippen molar-refractivity contribution in [1.29, 1.82) is 0 Å². The lowest BCUT2D eigenvalue weighted by Gasteiger charge is -2.34. The second kappa shape index (κ2) is 10.2. The van der Waals surface area contributed by atoms with Gasteiger partial charge in [0.1, 0.15) is 5.82 Å². The topological polar surface area (TPSA) is 75.4 Å². The Kier molecular flexibility index (Phi) is 9.85. The van der Waals surface area contributed by atoms with Crippen LogP contribution in [0.1, 0.15) is 25.6 Å². The van der Waals surface area contributed by atoms with Gasteiger partial charge in [0.25, 0.3) is 0 Å². The first-order valence-corrected chi connectivity index (χ1v) is 7.57. The number of aryl methyl sites for hydroxylation is 1. The molecule has 1 aliphatic heterocycles. The van der Waals surface area contributed by atoms with Crippen LogP contribution in [-0.2, 0) is 11.2 Å². The van der Waals surface area contributed by atoms with Gasteiger partial charge in [-0.25, -0.2) is 4.98 Å². The second-order valence-corrected chi connectivity index (χ2v) is 5.34. The van der Waals surface area contributed by atoms with Crippen LogP contribution in [0.3, 0.4) is 0 Å². The van der Waals surface area contributed by atoms with E-state index in [-0.39, 0.29) is 30.7 Å². The van der Waals surface area contributed by atoms with Crippen LogP contribution in [-0.4, -0.2) is 52.9 Å². The normalized spacial score (nSPS) is 14.4. The fourth-order valence-corrected chi connectivity index (χ4v) is 2.88. The van der Waals surface area contributed by atoms with Crippen molar-refractivity contribution in [2.45, 2.75) is 26.2 Å². The maximum Gasteiger partial charge on any atom is 0.222 e. The summed E-state index contributed by atoms with van der Waals surface area (Å²) >= 11 is 1.45. The molecule has 1 aliphatic rings. The van der Waals surface area contributed by atoms with Gasteiger partial charge in [0.15, 0.2) is 0 Å². The molecule has 0 atom stereocenters. The van der Waals surface area contributed by atoms with E-state index < -0.39 is 0 Å². The fraction of sp³-hybridized carbons (Fsp3) is 0.750. The third kappa shape index (κ3) is 5.58. The number of nitrogens with zero attached hydrogens (tertiary/aromatic N) is 4. The zero-order valence-corrected chi connectivity index (χ0v) is 14.6. The van der Waals surface area contributed by atoms with Crippen molar-refractivity contribution in [3.8, 4) is 0 Å². The quantitative estimate of drug-likeness (QED) is 0.862. The number of halogens is 2. The van der Waals surface area contributed by atoms with E-state index in [1.807, 2.05) is 4.90 Å². The molecule has 6 nitrogen and oxygen atoms in total. The van der Waals surface area contributed by atoms with Crippen LogP contribution in [0.2, 0.25) is 0 Å². The molecule has 1 aromatic rings. The van der Waals surface area contributed by atoms with Crippen LogP contribution in [0.15, 0.2) is 0 Å². The minimum atomic E-state index is 0. The Labute approximate surface area is 142 Å². The summed E-state index contributed by atoms with van der Waals surface area (Å²) in [6, 6.07) is 0. The molecule has 9 heteroatoms. The van der Waals surface area contributed by atoms with Crippen molar-refractivity contribution in [2.75, 3.05) is 37.6 Å². The summed E-state index contributed by atoms with van der Waals surface area (Å²) in [7, 11) is 0. The molecular weight excluding hydrogens is 333 g/mol. The number of aromatic nitrogens is 2. The van der Waals surface area contributed by atoms with Gasteiger partial charge in [0, 0.05) is 50.6 Å². The Bertz CT molecular complexity index is 424. The molecule has 122 valence electrons. The summed E-state index contributed by atoms with van der Waals surface area (Å²) in [4.78, 5) is 20.5. The van der Waals surface area contributed by atoms with Crippen molar-refractivity contribution in [2.24, 2.45) is 5.73 Å². The lowest BCUT2D eigenvalue weighted by atomic mass is 10.2. The van der Waals surface area contributed by atoms with E-state index in [2.05, 4.69) is 21.2 Å². The molecule has 0 unspecified atom stereocenters. The van der Waals surface area contributed by atoms with Crippen LogP contribution in [0.25, 0.3) is 0 Å². The number of hydrogen-bond acceptors (Lipinski definition) is 6. The Morgan fingerprint density at radius 3 is 2.48 bits per heavy atom. The van der Waals surface area contributed by atoms with Gasteiger partial charge >= 0.3 is 0 Å². The van der Waals surface area contributed by atoms with Crippen LogP contribution >= 0.6 is 36.3 Å². The number of carbonyl (C=O) groups excluding carboxylic acids is 1. The molecular formula is C12H23Cl2N5OS. The van der Waals surface area contributed by atoms with E-state index >= 15 is 0 Å². The molecule has 21 heavy (non-hydrogen) atoms. The fourth-order valence-electron chi connectivity index (χ4n) is 2.08. The SMILES string of the molecule is CCc1nsc(N2CCN(C(=O)CCCN)CC2)n1.Cl.Cl. The summed E-state index contributed by atoms with van der Waals surface area (Å²) in [6.07, 6.45) is 2.21. The number of nitrogens with two attached hydrogens (primary N) is 1. The van der Waals surface area contributed by atoms with Crippen LogP contribution in [0.5, 0.6) is 0 Å². The van der Waals surface area contributed by atoms with Gasteiger partial charge in [-0.05, 0) is 13.0 Å². The van der Waals surface area contributed by atoms with Gasteiger partial charge < -0.3 is 15.5 Å². The molecule has 1 aromatic heterocycles. The summed E-state index contributed by atoms with van der Waals surface area (Å²) in [5, 5.41) is 0.978. The number of hydrogen-bond donors (Lipinski definition) is 1. The van der Waals surface area contributed by atoms with Crippen molar-refractivity contribution in [3.63, 3.8) is 0 Å². The van der Waals surface area contributed by atoms with Gasteiger partial charge in [-0.3, -0.25) is 4.79 Å². The highest BCUT2D eigenvalue weighted by Gasteiger charge is 2.22. The Morgan fingerprint density at radius 1 is 1.29 bits per heavy atom. The lowest BCUT2D eigenvalue weighted by Crippen LogP contribution is -2.48. The average molecular weight is 356 g/mol. The first-order chi connectivity index (χ1) is 9.24. The van der Waals surface area contributed by atoms with Crippen molar-refractivity contribution >= 4 is 47.4 Å². The molecule has 2 N–H and O–H groups in total. The highest BCUT2D eigenvalue weighted by Crippen LogP contribution is 2.19.